The Balaban J connectivity index is 2.27. The maximum absolute atomic E-state index is 11.4. The lowest BCUT2D eigenvalue weighted by Gasteiger charge is -2.09. The number of amides is 3. The molecule has 1 saturated heterocycles. The van der Waals surface area contributed by atoms with E-state index in [0.29, 0.717) is 5.56 Å². The number of aliphatic carboxylic acids is 1. The summed E-state index contributed by atoms with van der Waals surface area (Å²) in [6, 6.07) is 2.23. The molecule has 3 amide bonds. The van der Waals surface area contributed by atoms with Crippen LogP contribution in [0.1, 0.15) is 5.56 Å². The number of imide groups is 1. The summed E-state index contributed by atoms with van der Waals surface area (Å²) in [4.78, 5) is 32.8. The number of ether oxygens (including phenoxy) is 1. The summed E-state index contributed by atoms with van der Waals surface area (Å²) in [5.74, 6) is -1.71. The van der Waals surface area contributed by atoms with Gasteiger partial charge >= 0.3 is 12.0 Å². The lowest BCUT2D eigenvalue weighted by atomic mass is 10.2. The van der Waals surface area contributed by atoms with E-state index in [2.05, 4.69) is 5.32 Å². The van der Waals surface area contributed by atoms with E-state index in [1.54, 1.807) is 0 Å². The summed E-state index contributed by atoms with van der Waals surface area (Å²) in [7, 11) is 0. The van der Waals surface area contributed by atoms with Crippen molar-refractivity contribution in [3.05, 3.63) is 33.4 Å². The molecule has 9 heteroatoms. The van der Waals surface area contributed by atoms with Crippen molar-refractivity contribution in [2.75, 3.05) is 6.61 Å². The molecule has 110 valence electrons. The van der Waals surface area contributed by atoms with Gasteiger partial charge in [0, 0.05) is 0 Å². The topological polar surface area (TPSA) is 105 Å². The van der Waals surface area contributed by atoms with E-state index in [1.807, 2.05) is 5.32 Å². The van der Waals surface area contributed by atoms with Gasteiger partial charge in [-0.05, 0) is 23.8 Å². The van der Waals surface area contributed by atoms with E-state index in [4.69, 9.17) is 33.0 Å². The van der Waals surface area contributed by atoms with Crippen LogP contribution < -0.4 is 15.4 Å². The third-order valence-electron chi connectivity index (χ3n) is 2.39. The summed E-state index contributed by atoms with van der Waals surface area (Å²) in [5, 5.41) is 13.1. The fraction of sp³-hybridized carbons (Fsp3) is 0.0833. The van der Waals surface area contributed by atoms with E-state index in [-0.39, 0.29) is 21.5 Å². The quantitative estimate of drug-likeness (QED) is 0.575. The summed E-state index contributed by atoms with van der Waals surface area (Å²) in [6.45, 7) is -0.585. The molecule has 1 aromatic rings. The van der Waals surface area contributed by atoms with Crippen molar-refractivity contribution >= 4 is 47.2 Å². The highest BCUT2D eigenvalue weighted by Crippen LogP contribution is 2.34. The summed E-state index contributed by atoms with van der Waals surface area (Å²) in [6.07, 6.45) is 1.37. The zero-order valence-electron chi connectivity index (χ0n) is 10.3. The molecule has 1 heterocycles. The second-order valence-electron chi connectivity index (χ2n) is 3.96. The molecular weight excluding hydrogens is 323 g/mol. The van der Waals surface area contributed by atoms with Gasteiger partial charge in [0.05, 0.1) is 10.0 Å². The Hall–Kier alpha value is -2.25. The molecule has 0 aromatic heterocycles. The first kappa shape index (κ1) is 15.1. The smallest absolute Gasteiger partial charge is 0.341 e. The van der Waals surface area contributed by atoms with Gasteiger partial charge in [-0.2, -0.15) is 0 Å². The molecule has 0 spiro atoms. The van der Waals surface area contributed by atoms with Crippen molar-refractivity contribution in [1.29, 1.82) is 0 Å². The molecule has 7 nitrogen and oxygen atoms in total. The van der Waals surface area contributed by atoms with E-state index >= 15 is 0 Å². The van der Waals surface area contributed by atoms with Gasteiger partial charge in [0.25, 0.3) is 5.91 Å². The van der Waals surface area contributed by atoms with Gasteiger partial charge in [0.15, 0.2) is 12.4 Å². The Morgan fingerprint density at radius 1 is 1.24 bits per heavy atom. The Morgan fingerprint density at radius 2 is 1.86 bits per heavy atom. The second-order valence-corrected chi connectivity index (χ2v) is 4.78. The molecule has 1 aliphatic heterocycles. The Bertz CT molecular complexity index is 649. The number of benzene rings is 1. The van der Waals surface area contributed by atoms with Crippen molar-refractivity contribution in [3.63, 3.8) is 0 Å². The van der Waals surface area contributed by atoms with Crippen molar-refractivity contribution in [2.24, 2.45) is 0 Å². The van der Waals surface area contributed by atoms with Gasteiger partial charge in [-0.3, -0.25) is 10.1 Å². The molecular formula is C12H8Cl2N2O5. The minimum atomic E-state index is -1.17. The van der Waals surface area contributed by atoms with Gasteiger partial charge in [-0.1, -0.05) is 23.2 Å². The van der Waals surface area contributed by atoms with Gasteiger partial charge in [0.1, 0.15) is 5.70 Å². The van der Waals surface area contributed by atoms with E-state index in [9.17, 15) is 14.4 Å². The maximum Gasteiger partial charge on any atom is 0.341 e. The minimum absolute atomic E-state index is 0.0304. The number of carbonyl (C=O) groups is 3. The monoisotopic (exact) mass is 330 g/mol. The Kier molecular flexibility index (Phi) is 4.35. The Labute approximate surface area is 128 Å². The lowest BCUT2D eigenvalue weighted by molar-refractivity contribution is -0.139. The molecule has 0 aliphatic carbocycles. The van der Waals surface area contributed by atoms with Gasteiger partial charge in [-0.25, -0.2) is 9.59 Å². The zero-order valence-corrected chi connectivity index (χ0v) is 11.8. The summed E-state index contributed by atoms with van der Waals surface area (Å²) >= 11 is 11.9. The first-order chi connectivity index (χ1) is 9.86. The average Bonchev–Trinajstić information content (AvgIpc) is 2.66. The SMILES string of the molecule is O=C(O)COc1c(Cl)cc(/C=C2/NC(=O)NC2=O)cc1Cl. The van der Waals surface area contributed by atoms with Crippen molar-refractivity contribution < 1.29 is 24.2 Å². The maximum atomic E-state index is 11.4. The number of halogens is 2. The zero-order chi connectivity index (χ0) is 15.6. The molecule has 0 saturated carbocycles. The number of nitrogens with one attached hydrogen (secondary N) is 2. The molecule has 0 unspecified atom stereocenters. The van der Waals surface area contributed by atoms with Crippen LogP contribution in [0.25, 0.3) is 6.08 Å². The number of rotatable bonds is 4. The normalized spacial score (nSPS) is 15.8. The predicted octanol–water partition coefficient (Wildman–Crippen LogP) is 1.64. The fourth-order valence-corrected chi connectivity index (χ4v) is 2.20. The summed E-state index contributed by atoms with van der Waals surface area (Å²) in [5.41, 5.74) is 0.492. The van der Waals surface area contributed by atoms with Crippen LogP contribution in [0.4, 0.5) is 4.79 Å². The molecule has 2 rings (SSSR count). The van der Waals surface area contributed by atoms with Gasteiger partial charge in [-0.15, -0.1) is 0 Å². The second kappa shape index (κ2) is 6.02. The van der Waals surface area contributed by atoms with Gasteiger partial charge < -0.3 is 15.2 Å². The highest BCUT2D eigenvalue weighted by atomic mass is 35.5. The third-order valence-corrected chi connectivity index (χ3v) is 2.95. The number of urea groups is 1. The van der Waals surface area contributed by atoms with Crippen LogP contribution in [0, 0.1) is 0 Å². The van der Waals surface area contributed by atoms with Crippen LogP contribution in [0.2, 0.25) is 10.0 Å². The molecule has 0 atom stereocenters. The van der Waals surface area contributed by atoms with Crippen molar-refractivity contribution in [1.82, 2.24) is 10.6 Å². The molecule has 1 aliphatic rings. The number of hydrogen-bond donors (Lipinski definition) is 3. The molecule has 0 bridgehead atoms. The van der Waals surface area contributed by atoms with E-state index in [0.717, 1.165) is 0 Å². The molecule has 21 heavy (non-hydrogen) atoms. The highest BCUT2D eigenvalue weighted by Gasteiger charge is 2.23. The fourth-order valence-electron chi connectivity index (χ4n) is 1.58. The molecule has 1 fully saturated rings. The highest BCUT2D eigenvalue weighted by molar-refractivity contribution is 6.37. The lowest BCUT2D eigenvalue weighted by Crippen LogP contribution is -2.22. The number of carboxylic acids is 1. The van der Waals surface area contributed by atoms with E-state index < -0.39 is 24.5 Å². The molecule has 1 aromatic carbocycles. The third kappa shape index (κ3) is 3.65. The van der Waals surface area contributed by atoms with Crippen LogP contribution in [0.5, 0.6) is 5.75 Å². The summed E-state index contributed by atoms with van der Waals surface area (Å²) < 4.78 is 4.96. The number of carbonyl (C=O) groups excluding carboxylic acids is 2. The standard InChI is InChI=1S/C12H8Cl2N2O5/c13-6-1-5(3-8-11(19)16-12(20)15-8)2-7(14)10(6)21-4-9(17)18/h1-3H,4H2,(H,17,18)(H2,15,16,19,20)/b8-3+. The average molecular weight is 331 g/mol. The minimum Gasteiger partial charge on any atom is -0.479 e. The molecule has 0 radical (unpaired) electrons. The van der Waals surface area contributed by atoms with Crippen molar-refractivity contribution in [3.8, 4) is 5.75 Å². The molecule has 3 N–H and O–H groups in total. The van der Waals surface area contributed by atoms with E-state index in [1.165, 1.54) is 18.2 Å². The van der Waals surface area contributed by atoms with Crippen LogP contribution in [0.15, 0.2) is 17.8 Å². The van der Waals surface area contributed by atoms with Crippen LogP contribution in [-0.2, 0) is 9.59 Å². The van der Waals surface area contributed by atoms with Crippen LogP contribution >= 0.6 is 23.2 Å². The first-order valence-electron chi connectivity index (χ1n) is 5.54. The first-order valence-corrected chi connectivity index (χ1v) is 6.30. The predicted molar refractivity (Wildman–Crippen MR) is 74.2 cm³/mol. The van der Waals surface area contributed by atoms with Crippen LogP contribution in [-0.4, -0.2) is 29.6 Å². The van der Waals surface area contributed by atoms with Crippen LogP contribution in [0.3, 0.4) is 0 Å². The Morgan fingerprint density at radius 3 is 2.33 bits per heavy atom. The largest absolute Gasteiger partial charge is 0.479 e. The number of carboxylic acid groups (broad SMARTS) is 1. The van der Waals surface area contributed by atoms with Crippen molar-refractivity contribution in [2.45, 2.75) is 0 Å². The number of hydrogen-bond acceptors (Lipinski definition) is 4. The van der Waals surface area contributed by atoms with Gasteiger partial charge in [0.2, 0.25) is 0 Å².